The number of ether oxygens (including phenoxy) is 1. The number of hydrogen-bond donors (Lipinski definition) is 7. The van der Waals surface area contributed by atoms with Crippen LogP contribution in [0.1, 0.15) is 17.2 Å². The van der Waals surface area contributed by atoms with Gasteiger partial charge in [-0.15, -0.1) is 0 Å². The van der Waals surface area contributed by atoms with E-state index in [2.05, 4.69) is 0 Å². The number of hydrogen-bond acceptors (Lipinski definition) is 11. The molecule has 0 radical (unpaired) electrons. The van der Waals surface area contributed by atoms with E-state index in [0.29, 0.717) is 11.3 Å². The molecule has 0 unspecified atom stereocenters. The number of primary amides is 1. The Balaban J connectivity index is 1.76. The Hall–Kier alpha value is -4.23. The molecule has 9 N–H and O–H groups in total. The number of nitrogens with two attached hydrogens (primary N) is 2. The summed E-state index contributed by atoms with van der Waals surface area (Å²) in [5.74, 6) is -8.58. The van der Waals surface area contributed by atoms with Gasteiger partial charge in [0.2, 0.25) is 5.78 Å². The number of likely N-dealkylation sites (N-methyl/N-ethyl adjacent to an activating group) is 1. The van der Waals surface area contributed by atoms with E-state index in [4.69, 9.17) is 16.2 Å². The maximum absolute atomic E-state index is 14.0. The van der Waals surface area contributed by atoms with Gasteiger partial charge in [-0.25, -0.2) is 0 Å². The lowest BCUT2D eigenvalue weighted by atomic mass is 9.55. The van der Waals surface area contributed by atoms with Gasteiger partial charge in [0.1, 0.15) is 28.6 Å². The first-order chi connectivity index (χ1) is 18.8. The highest BCUT2D eigenvalue weighted by Gasteiger charge is 2.68. The molecule has 0 saturated heterocycles. The minimum Gasteiger partial charge on any atom is -0.508 e. The van der Waals surface area contributed by atoms with E-state index in [0.717, 1.165) is 0 Å². The Kier molecular flexibility index (Phi) is 6.27. The number of methoxy groups -OCH3 is 1. The van der Waals surface area contributed by atoms with Gasteiger partial charge in [0, 0.05) is 23.1 Å². The monoisotopic (exact) mass is 551 g/mol. The molecule has 3 aliphatic carbocycles. The Bertz CT molecular complexity index is 1530. The Morgan fingerprint density at radius 1 is 1.05 bits per heavy atom. The molecule has 3 aliphatic rings. The number of aliphatic hydroxyl groups is 4. The quantitative estimate of drug-likeness (QED) is 0.252. The van der Waals surface area contributed by atoms with E-state index in [1.165, 1.54) is 26.1 Å². The van der Waals surface area contributed by atoms with E-state index in [-0.39, 0.29) is 16.7 Å². The van der Waals surface area contributed by atoms with Crippen molar-refractivity contribution in [3.63, 3.8) is 0 Å². The van der Waals surface area contributed by atoms with E-state index in [1.807, 2.05) is 0 Å². The number of ketones is 2. The molecular formula is C28H29N3O9. The lowest BCUT2D eigenvalue weighted by Gasteiger charge is -2.53. The van der Waals surface area contributed by atoms with Crippen molar-refractivity contribution in [2.24, 2.45) is 23.3 Å². The fourth-order valence-electron chi connectivity index (χ4n) is 6.36. The van der Waals surface area contributed by atoms with Crippen LogP contribution in [-0.2, 0) is 14.4 Å². The van der Waals surface area contributed by atoms with E-state index in [9.17, 15) is 39.9 Å². The minimum absolute atomic E-state index is 0.190. The molecule has 6 atom stereocenters. The van der Waals surface area contributed by atoms with Crippen LogP contribution in [0.3, 0.4) is 0 Å². The summed E-state index contributed by atoms with van der Waals surface area (Å²) in [6, 6.07) is 7.17. The lowest BCUT2D eigenvalue weighted by molar-refractivity contribution is -0.169. The van der Waals surface area contributed by atoms with Crippen LogP contribution >= 0.6 is 0 Å². The number of phenols is 1. The number of phenolic OH excluding ortho intramolecular Hbond substituents is 1. The zero-order valence-electron chi connectivity index (χ0n) is 21.8. The van der Waals surface area contributed by atoms with Gasteiger partial charge in [-0.3, -0.25) is 19.3 Å². The molecule has 40 heavy (non-hydrogen) atoms. The number of carbonyl (C=O) groups is 3. The number of aliphatic hydroxyl groups excluding tert-OH is 3. The molecule has 1 saturated carbocycles. The molecule has 0 aliphatic heterocycles. The smallest absolute Gasteiger partial charge is 0.255 e. The molecule has 2 aromatic carbocycles. The molecule has 0 aromatic heterocycles. The van der Waals surface area contributed by atoms with Crippen LogP contribution < -0.4 is 16.2 Å². The molecule has 2 aromatic rings. The van der Waals surface area contributed by atoms with Crippen LogP contribution in [0, 0.1) is 11.8 Å². The third-order valence-corrected chi connectivity index (χ3v) is 8.25. The van der Waals surface area contributed by atoms with Crippen LogP contribution in [0.5, 0.6) is 11.5 Å². The van der Waals surface area contributed by atoms with Gasteiger partial charge in [-0.1, -0.05) is 24.3 Å². The predicted octanol–water partition coefficient (Wildman–Crippen LogP) is 0.0677. The highest BCUT2D eigenvalue weighted by molar-refractivity contribution is 6.24. The topological polar surface area (TPSA) is 217 Å². The zero-order valence-corrected chi connectivity index (χ0v) is 21.8. The third kappa shape index (κ3) is 3.43. The number of benzene rings is 2. The van der Waals surface area contributed by atoms with Gasteiger partial charge in [0.25, 0.3) is 5.91 Å². The number of nitrogens with zero attached hydrogens (tertiary/aromatic N) is 1. The number of Topliss-reactive ketones (excluding diaryl/α,β-unsaturated/α-hetero) is 2. The second-order valence-corrected chi connectivity index (χ2v) is 10.4. The average Bonchev–Trinajstić information content (AvgIpc) is 2.90. The van der Waals surface area contributed by atoms with Gasteiger partial charge in [-0.05, 0) is 37.4 Å². The second-order valence-electron chi connectivity index (χ2n) is 10.4. The Labute approximate surface area is 228 Å². The number of carbonyl (C=O) groups excluding carboxylic acids is 3. The van der Waals surface area contributed by atoms with Crippen molar-refractivity contribution in [3.05, 3.63) is 64.4 Å². The lowest BCUT2D eigenvalue weighted by Crippen LogP contribution is -2.70. The van der Waals surface area contributed by atoms with Crippen molar-refractivity contribution >= 4 is 23.2 Å². The number of fused-ring (bicyclic) bond motifs is 3. The van der Waals surface area contributed by atoms with E-state index >= 15 is 0 Å². The van der Waals surface area contributed by atoms with Gasteiger partial charge in [0.15, 0.2) is 11.4 Å². The van der Waals surface area contributed by atoms with Gasteiger partial charge in [0.05, 0.1) is 30.7 Å². The van der Waals surface area contributed by atoms with Gasteiger partial charge in [-0.2, -0.15) is 0 Å². The molecule has 1 amide bonds. The molecular weight excluding hydrogens is 522 g/mol. The summed E-state index contributed by atoms with van der Waals surface area (Å²) in [5.41, 5.74) is 8.15. The fourth-order valence-corrected chi connectivity index (χ4v) is 6.36. The van der Waals surface area contributed by atoms with Crippen LogP contribution in [0.25, 0.3) is 16.9 Å². The Morgan fingerprint density at radius 2 is 1.68 bits per heavy atom. The van der Waals surface area contributed by atoms with Crippen molar-refractivity contribution in [2.75, 3.05) is 21.2 Å². The molecule has 12 heteroatoms. The largest absolute Gasteiger partial charge is 0.508 e. The normalized spacial score (nSPS) is 29.7. The maximum Gasteiger partial charge on any atom is 0.255 e. The second kappa shape index (κ2) is 9.17. The summed E-state index contributed by atoms with van der Waals surface area (Å²) in [4.78, 5) is 40.6. The van der Waals surface area contributed by atoms with Crippen molar-refractivity contribution in [3.8, 4) is 22.6 Å². The summed E-state index contributed by atoms with van der Waals surface area (Å²) >= 11 is 0. The van der Waals surface area contributed by atoms with Crippen molar-refractivity contribution < 1.29 is 44.7 Å². The van der Waals surface area contributed by atoms with Crippen LogP contribution in [0.4, 0.5) is 0 Å². The first kappa shape index (κ1) is 27.3. The molecule has 0 heterocycles. The number of aromatic hydroxyl groups is 1. The van der Waals surface area contributed by atoms with Gasteiger partial charge >= 0.3 is 0 Å². The Morgan fingerprint density at radius 3 is 2.23 bits per heavy atom. The third-order valence-electron chi connectivity index (χ3n) is 8.25. The zero-order chi connectivity index (χ0) is 29.4. The molecule has 0 bridgehead atoms. The van der Waals surface area contributed by atoms with Crippen LogP contribution in [-0.4, -0.2) is 86.9 Å². The van der Waals surface area contributed by atoms with Crippen LogP contribution in [0.15, 0.2) is 53.3 Å². The van der Waals surface area contributed by atoms with Gasteiger partial charge < -0.3 is 41.7 Å². The van der Waals surface area contributed by atoms with E-state index < -0.39 is 81.5 Å². The molecule has 1 fully saturated rings. The van der Waals surface area contributed by atoms with Crippen molar-refractivity contribution in [1.82, 2.24) is 4.90 Å². The number of amides is 1. The fraction of sp³-hybridized carbons (Fsp3) is 0.321. The molecule has 0 spiro atoms. The van der Waals surface area contributed by atoms with Crippen LogP contribution in [0.2, 0.25) is 0 Å². The van der Waals surface area contributed by atoms with Crippen molar-refractivity contribution in [1.29, 1.82) is 0 Å². The summed E-state index contributed by atoms with van der Waals surface area (Å²) in [6.07, 6.45) is -1.76. The minimum atomic E-state index is -3.01. The first-order valence-corrected chi connectivity index (χ1v) is 12.4. The summed E-state index contributed by atoms with van der Waals surface area (Å²) in [5, 5.41) is 57.0. The molecule has 210 valence electrons. The predicted molar refractivity (Wildman–Crippen MR) is 141 cm³/mol. The summed E-state index contributed by atoms with van der Waals surface area (Å²) in [7, 11) is 4.36. The average molecular weight is 552 g/mol. The highest BCUT2D eigenvalue weighted by atomic mass is 16.5. The highest BCUT2D eigenvalue weighted by Crippen LogP contribution is 2.55. The molecule has 12 nitrogen and oxygen atoms in total. The standard InChI is InChI=1S/C28H29N3O9/c1-31(2)20-18-23(34)15-16(25(36)28(18,39)26(37)17(24(20)35)27(30)38)22(33)14-13(19(15)29)9-8-12(21(14)32)10-4-6-11(40-3)7-5-10/h4-9,15,18-20,23,32-34,37,39H,29H2,1-3H3,(H2,30,38)/t15-,18+,19-,20-,23-,28-/m0/s1. The maximum atomic E-state index is 14.0. The van der Waals surface area contributed by atoms with Crippen molar-refractivity contribution in [2.45, 2.75) is 23.8 Å². The number of rotatable bonds is 4. The summed E-state index contributed by atoms with van der Waals surface area (Å²) < 4.78 is 5.16. The summed E-state index contributed by atoms with van der Waals surface area (Å²) in [6.45, 7) is 0. The molecule has 5 rings (SSSR count). The first-order valence-electron chi connectivity index (χ1n) is 12.4. The van der Waals surface area contributed by atoms with E-state index in [1.54, 1.807) is 36.4 Å². The SMILES string of the molecule is COc1ccc(-c2ccc3c(c2O)C(O)=C2C(=O)[C@]4(O)C(O)=C(C(N)=O)C(=O)[C@@H](N(C)C)[C@@H]4[C@@H](O)[C@@H]2[C@H]3N)cc1.